The van der Waals surface area contributed by atoms with E-state index in [1.807, 2.05) is 0 Å². The molecule has 0 radical (unpaired) electrons. The highest BCUT2D eigenvalue weighted by molar-refractivity contribution is 6.30. The van der Waals surface area contributed by atoms with Gasteiger partial charge in [0.1, 0.15) is 5.82 Å². The zero-order valence-electron chi connectivity index (χ0n) is 8.01. The highest BCUT2D eigenvalue weighted by Gasteiger charge is 2.00. The molecule has 1 rings (SSSR count). The van der Waals surface area contributed by atoms with Crippen LogP contribution in [0.1, 0.15) is 12.5 Å². The number of hydrogen-bond acceptors (Lipinski definition) is 2. The summed E-state index contributed by atoms with van der Waals surface area (Å²) in [5, 5.41) is 0.365. The van der Waals surface area contributed by atoms with Gasteiger partial charge in [-0.15, -0.1) is 0 Å². The van der Waals surface area contributed by atoms with Crippen molar-refractivity contribution in [2.24, 2.45) is 0 Å². The average Bonchev–Trinajstić information content (AvgIpc) is 2.20. The molecule has 2 nitrogen and oxygen atoms in total. The van der Waals surface area contributed by atoms with Gasteiger partial charge in [0.25, 0.3) is 0 Å². The van der Waals surface area contributed by atoms with Gasteiger partial charge in [0.2, 0.25) is 0 Å². The van der Waals surface area contributed by atoms with Gasteiger partial charge in [-0.1, -0.05) is 17.5 Å². The van der Waals surface area contributed by atoms with E-state index in [4.69, 9.17) is 11.6 Å². The maximum Gasteiger partial charge on any atom is 0.384 e. The number of carbonyl (C=O) groups excluding carboxylic acids is 1. The minimum atomic E-state index is -0.683. The summed E-state index contributed by atoms with van der Waals surface area (Å²) in [6, 6.07) is 3.95. The normalized spacial score (nSPS) is 9.00. The van der Waals surface area contributed by atoms with Gasteiger partial charge in [0.15, 0.2) is 0 Å². The Morgan fingerprint density at radius 1 is 1.60 bits per heavy atom. The molecule has 0 heterocycles. The fourth-order valence-electron chi connectivity index (χ4n) is 0.879. The Morgan fingerprint density at radius 3 is 3.00 bits per heavy atom. The minimum Gasteiger partial charge on any atom is -0.456 e. The van der Waals surface area contributed by atoms with Crippen LogP contribution in [0.4, 0.5) is 4.39 Å². The third-order valence-electron chi connectivity index (χ3n) is 1.50. The maximum absolute atomic E-state index is 13.1. The summed E-state index contributed by atoms with van der Waals surface area (Å²) in [6.45, 7) is 1.91. The van der Waals surface area contributed by atoms with Gasteiger partial charge in [-0.2, -0.15) is 0 Å². The molecule has 0 saturated heterocycles. The Kier molecular flexibility index (Phi) is 4.14. The molecule has 1 aromatic rings. The number of hydrogen-bond donors (Lipinski definition) is 0. The van der Waals surface area contributed by atoms with Gasteiger partial charge >= 0.3 is 5.97 Å². The van der Waals surface area contributed by atoms with E-state index in [0.717, 1.165) is 0 Å². The Balaban J connectivity index is 2.88. The lowest BCUT2D eigenvalue weighted by atomic mass is 10.2. The fourth-order valence-corrected chi connectivity index (χ4v) is 1.05. The van der Waals surface area contributed by atoms with Crippen molar-refractivity contribution in [3.05, 3.63) is 34.6 Å². The average molecular weight is 227 g/mol. The first-order valence-corrected chi connectivity index (χ1v) is 4.65. The van der Waals surface area contributed by atoms with E-state index in [1.54, 1.807) is 6.92 Å². The molecular weight excluding hydrogens is 219 g/mol. The van der Waals surface area contributed by atoms with Crippen LogP contribution in [-0.4, -0.2) is 12.6 Å². The van der Waals surface area contributed by atoms with Crippen LogP contribution in [0.25, 0.3) is 0 Å². The smallest absolute Gasteiger partial charge is 0.384 e. The number of carbonyl (C=O) groups is 1. The van der Waals surface area contributed by atoms with Gasteiger partial charge in [-0.3, -0.25) is 0 Å². The quantitative estimate of drug-likeness (QED) is 0.543. The van der Waals surface area contributed by atoms with E-state index < -0.39 is 11.8 Å². The minimum absolute atomic E-state index is 0.0792. The van der Waals surface area contributed by atoms with Gasteiger partial charge < -0.3 is 4.74 Å². The summed E-state index contributed by atoms with van der Waals surface area (Å²) in [4.78, 5) is 10.9. The molecule has 0 fully saturated rings. The molecule has 1 aromatic carbocycles. The van der Waals surface area contributed by atoms with E-state index >= 15 is 0 Å². The SMILES string of the molecule is CCOC(=O)C#Cc1cc(Cl)ccc1F. The van der Waals surface area contributed by atoms with Crippen LogP contribution >= 0.6 is 11.6 Å². The molecule has 0 unspecified atom stereocenters. The lowest BCUT2D eigenvalue weighted by Gasteiger charge is -1.94. The molecule has 0 spiro atoms. The molecule has 0 aromatic heterocycles. The Hall–Kier alpha value is -1.53. The molecule has 0 atom stereocenters. The van der Waals surface area contributed by atoms with E-state index in [9.17, 15) is 9.18 Å². The number of esters is 1. The highest BCUT2D eigenvalue weighted by Crippen LogP contribution is 2.13. The summed E-state index contributed by atoms with van der Waals surface area (Å²) in [6.07, 6.45) is 0. The van der Waals surface area contributed by atoms with Crippen LogP contribution < -0.4 is 0 Å². The predicted octanol–water partition coefficient (Wildman–Crippen LogP) is 2.39. The van der Waals surface area contributed by atoms with Crippen molar-refractivity contribution in [2.75, 3.05) is 6.61 Å². The first-order chi connectivity index (χ1) is 7.13. The van der Waals surface area contributed by atoms with Crippen molar-refractivity contribution in [3.8, 4) is 11.8 Å². The van der Waals surface area contributed by atoms with Crippen LogP contribution in [0.15, 0.2) is 18.2 Å². The van der Waals surface area contributed by atoms with Crippen LogP contribution in [0, 0.1) is 17.7 Å². The number of rotatable bonds is 1. The van der Waals surface area contributed by atoms with Crippen molar-refractivity contribution < 1.29 is 13.9 Å². The second-order valence-electron chi connectivity index (χ2n) is 2.59. The Bertz CT molecular complexity index is 432. The second-order valence-corrected chi connectivity index (χ2v) is 3.03. The van der Waals surface area contributed by atoms with Crippen molar-refractivity contribution in [1.82, 2.24) is 0 Å². The summed E-state index contributed by atoms with van der Waals surface area (Å²) in [5.74, 6) is 3.31. The molecular formula is C11H8ClFO2. The lowest BCUT2D eigenvalue weighted by molar-refractivity contribution is -0.136. The summed E-state index contributed by atoms with van der Waals surface area (Å²) >= 11 is 5.64. The second kappa shape index (κ2) is 5.38. The fraction of sp³-hybridized carbons (Fsp3) is 0.182. The molecule has 0 saturated carbocycles. The number of halogens is 2. The molecule has 0 N–H and O–H groups in total. The molecule has 0 aliphatic carbocycles. The molecule has 0 bridgehead atoms. The Labute approximate surface area is 92.0 Å². The van der Waals surface area contributed by atoms with Crippen LogP contribution in [-0.2, 0) is 9.53 Å². The molecule has 78 valence electrons. The van der Waals surface area contributed by atoms with Crippen molar-refractivity contribution in [1.29, 1.82) is 0 Å². The van der Waals surface area contributed by atoms with Crippen molar-refractivity contribution in [3.63, 3.8) is 0 Å². The van der Waals surface area contributed by atoms with Gasteiger partial charge in [0, 0.05) is 10.9 Å². The van der Waals surface area contributed by atoms with Crippen LogP contribution in [0.5, 0.6) is 0 Å². The zero-order valence-corrected chi connectivity index (χ0v) is 8.77. The van der Waals surface area contributed by atoms with Crippen molar-refractivity contribution >= 4 is 17.6 Å². The molecule has 0 aliphatic rings. The standard InChI is InChI=1S/C11H8ClFO2/c1-2-15-11(14)6-3-8-7-9(12)4-5-10(8)13/h4-5,7H,2H2,1H3. The van der Waals surface area contributed by atoms with E-state index in [1.165, 1.54) is 18.2 Å². The highest BCUT2D eigenvalue weighted by atomic mass is 35.5. The zero-order chi connectivity index (χ0) is 11.3. The Morgan fingerprint density at radius 2 is 2.33 bits per heavy atom. The largest absolute Gasteiger partial charge is 0.456 e. The van der Waals surface area contributed by atoms with E-state index in [0.29, 0.717) is 5.02 Å². The summed E-state index contributed by atoms with van der Waals surface area (Å²) in [7, 11) is 0. The molecule has 4 heteroatoms. The van der Waals surface area contributed by atoms with Crippen LogP contribution in [0.2, 0.25) is 5.02 Å². The number of benzene rings is 1. The molecule has 0 amide bonds. The van der Waals surface area contributed by atoms with Gasteiger partial charge in [0.05, 0.1) is 12.2 Å². The van der Waals surface area contributed by atoms with Crippen LogP contribution in [0.3, 0.4) is 0 Å². The molecule has 15 heavy (non-hydrogen) atoms. The molecule has 0 aliphatic heterocycles. The predicted molar refractivity (Wildman–Crippen MR) is 54.9 cm³/mol. The third-order valence-corrected chi connectivity index (χ3v) is 1.74. The third kappa shape index (κ3) is 3.61. The topological polar surface area (TPSA) is 26.3 Å². The van der Waals surface area contributed by atoms with Crippen molar-refractivity contribution in [2.45, 2.75) is 6.92 Å². The summed E-state index contributed by atoms with van der Waals surface area (Å²) in [5.41, 5.74) is 0.0792. The summed E-state index contributed by atoms with van der Waals surface area (Å²) < 4.78 is 17.7. The van der Waals surface area contributed by atoms with Gasteiger partial charge in [-0.25, -0.2) is 9.18 Å². The number of ether oxygens (including phenoxy) is 1. The first-order valence-electron chi connectivity index (χ1n) is 4.27. The van der Waals surface area contributed by atoms with E-state index in [-0.39, 0.29) is 12.2 Å². The maximum atomic E-state index is 13.1. The van der Waals surface area contributed by atoms with Gasteiger partial charge in [-0.05, 0) is 25.1 Å². The lowest BCUT2D eigenvalue weighted by Crippen LogP contribution is -1.99. The van der Waals surface area contributed by atoms with E-state index in [2.05, 4.69) is 16.6 Å². The monoisotopic (exact) mass is 226 g/mol. The first kappa shape index (κ1) is 11.5.